The zero-order valence-corrected chi connectivity index (χ0v) is 10.7. The molecule has 0 unspecified atom stereocenters. The first-order chi connectivity index (χ1) is 8.80. The van der Waals surface area contributed by atoms with Gasteiger partial charge in [0.2, 0.25) is 5.95 Å². The van der Waals surface area contributed by atoms with E-state index in [-0.39, 0.29) is 0 Å². The summed E-state index contributed by atoms with van der Waals surface area (Å²) >= 11 is 0. The lowest BCUT2D eigenvalue weighted by Crippen LogP contribution is -2.10. The average Bonchev–Trinajstić information content (AvgIpc) is 2.96. The van der Waals surface area contributed by atoms with Gasteiger partial charge in [0, 0.05) is 19.6 Å². The van der Waals surface area contributed by atoms with Crippen LogP contribution in [0.5, 0.6) is 0 Å². The first-order valence-electron chi connectivity index (χ1n) is 6.07. The molecule has 2 rings (SSSR count). The standard InChI is InChI=1S/C10H18N8/c1-3-12-10-15-14-9(18(10)4-2)8-7-17(6-5-11)16-13-8/h7H,3-6,11H2,1-2H3,(H,12,15). The molecular weight excluding hydrogens is 232 g/mol. The molecule has 0 amide bonds. The molecular formula is C10H18N8. The molecule has 0 atom stereocenters. The summed E-state index contributed by atoms with van der Waals surface area (Å²) in [5, 5.41) is 19.5. The van der Waals surface area contributed by atoms with Crippen LogP contribution in [0.25, 0.3) is 11.5 Å². The van der Waals surface area contributed by atoms with Gasteiger partial charge in [-0.05, 0) is 13.8 Å². The van der Waals surface area contributed by atoms with Crippen molar-refractivity contribution in [3.8, 4) is 11.5 Å². The van der Waals surface area contributed by atoms with Crippen LogP contribution in [0.4, 0.5) is 5.95 Å². The Labute approximate surface area is 105 Å². The molecule has 8 nitrogen and oxygen atoms in total. The normalized spacial score (nSPS) is 10.8. The third-order valence-electron chi connectivity index (χ3n) is 2.53. The number of nitrogens with two attached hydrogens (primary N) is 1. The van der Waals surface area contributed by atoms with Gasteiger partial charge < -0.3 is 11.1 Å². The Kier molecular flexibility index (Phi) is 3.88. The van der Waals surface area contributed by atoms with Gasteiger partial charge in [-0.25, -0.2) is 0 Å². The van der Waals surface area contributed by atoms with E-state index in [0.29, 0.717) is 18.8 Å². The second kappa shape index (κ2) is 5.58. The molecule has 98 valence electrons. The highest BCUT2D eigenvalue weighted by molar-refractivity contribution is 5.50. The Morgan fingerprint density at radius 3 is 2.78 bits per heavy atom. The van der Waals surface area contributed by atoms with Crippen molar-refractivity contribution >= 4 is 5.95 Å². The molecule has 18 heavy (non-hydrogen) atoms. The number of nitrogens with zero attached hydrogens (tertiary/aromatic N) is 6. The minimum atomic E-state index is 0.534. The van der Waals surface area contributed by atoms with Crippen molar-refractivity contribution in [2.24, 2.45) is 5.73 Å². The van der Waals surface area contributed by atoms with Crippen LogP contribution in [0.15, 0.2) is 6.20 Å². The number of hydrogen-bond acceptors (Lipinski definition) is 6. The van der Waals surface area contributed by atoms with Crippen molar-refractivity contribution in [1.82, 2.24) is 29.8 Å². The summed E-state index contributed by atoms with van der Waals surface area (Å²) in [5.74, 6) is 1.47. The molecule has 2 heterocycles. The fraction of sp³-hybridized carbons (Fsp3) is 0.600. The summed E-state index contributed by atoms with van der Waals surface area (Å²) in [6, 6.07) is 0. The van der Waals surface area contributed by atoms with Gasteiger partial charge in [0.1, 0.15) is 0 Å². The lowest BCUT2D eigenvalue weighted by molar-refractivity contribution is 0.598. The molecule has 0 aliphatic heterocycles. The molecule has 0 radical (unpaired) electrons. The molecule has 0 aromatic carbocycles. The average molecular weight is 250 g/mol. The van der Waals surface area contributed by atoms with Crippen LogP contribution in [-0.4, -0.2) is 42.8 Å². The van der Waals surface area contributed by atoms with E-state index in [1.165, 1.54) is 0 Å². The fourth-order valence-corrected chi connectivity index (χ4v) is 1.72. The summed E-state index contributed by atoms with van der Waals surface area (Å²) in [5.41, 5.74) is 6.19. The van der Waals surface area contributed by atoms with Crippen LogP contribution in [0.3, 0.4) is 0 Å². The molecule has 3 N–H and O–H groups in total. The van der Waals surface area contributed by atoms with Crippen LogP contribution < -0.4 is 11.1 Å². The number of aromatic nitrogens is 6. The van der Waals surface area contributed by atoms with Crippen LogP contribution in [0, 0.1) is 0 Å². The Balaban J connectivity index is 2.31. The molecule has 0 aliphatic rings. The number of nitrogens with one attached hydrogen (secondary N) is 1. The van der Waals surface area contributed by atoms with E-state index < -0.39 is 0 Å². The Bertz CT molecular complexity index is 500. The summed E-state index contributed by atoms with van der Waals surface area (Å²) in [4.78, 5) is 0. The van der Waals surface area contributed by atoms with Crippen LogP contribution in [-0.2, 0) is 13.1 Å². The molecule has 0 spiro atoms. The maximum atomic E-state index is 5.48. The zero-order valence-electron chi connectivity index (χ0n) is 10.7. The van der Waals surface area contributed by atoms with Crippen molar-refractivity contribution in [3.63, 3.8) is 0 Å². The van der Waals surface area contributed by atoms with Gasteiger partial charge in [-0.1, -0.05) is 5.21 Å². The third-order valence-corrected chi connectivity index (χ3v) is 2.53. The number of hydrogen-bond donors (Lipinski definition) is 2. The van der Waals surface area contributed by atoms with Crippen LogP contribution in [0.1, 0.15) is 13.8 Å². The lowest BCUT2D eigenvalue weighted by Gasteiger charge is -2.05. The zero-order chi connectivity index (χ0) is 13.0. The minimum Gasteiger partial charge on any atom is -0.355 e. The van der Waals surface area contributed by atoms with Crippen molar-refractivity contribution in [2.75, 3.05) is 18.4 Å². The predicted molar refractivity (Wildman–Crippen MR) is 67.9 cm³/mol. The molecule has 0 saturated heterocycles. The molecule has 0 bridgehead atoms. The van der Waals surface area contributed by atoms with Gasteiger partial charge in [0.05, 0.1) is 12.7 Å². The van der Waals surface area contributed by atoms with Crippen molar-refractivity contribution in [1.29, 1.82) is 0 Å². The van der Waals surface area contributed by atoms with Gasteiger partial charge in [-0.2, -0.15) is 0 Å². The molecule has 0 saturated carbocycles. The van der Waals surface area contributed by atoms with E-state index >= 15 is 0 Å². The Hall–Kier alpha value is -1.96. The largest absolute Gasteiger partial charge is 0.355 e. The second-order valence-corrected chi connectivity index (χ2v) is 3.78. The monoisotopic (exact) mass is 250 g/mol. The summed E-state index contributed by atoms with van der Waals surface area (Å²) in [7, 11) is 0. The van der Waals surface area contributed by atoms with Crippen LogP contribution >= 0.6 is 0 Å². The Morgan fingerprint density at radius 2 is 2.11 bits per heavy atom. The lowest BCUT2D eigenvalue weighted by atomic mass is 10.4. The van der Waals surface area contributed by atoms with Crippen molar-refractivity contribution in [2.45, 2.75) is 26.9 Å². The van der Waals surface area contributed by atoms with E-state index in [1.807, 2.05) is 24.6 Å². The van der Waals surface area contributed by atoms with Crippen molar-refractivity contribution in [3.05, 3.63) is 6.20 Å². The molecule has 2 aromatic rings. The molecule has 8 heteroatoms. The van der Waals surface area contributed by atoms with E-state index in [2.05, 4.69) is 25.8 Å². The van der Waals surface area contributed by atoms with Gasteiger partial charge >= 0.3 is 0 Å². The first-order valence-corrected chi connectivity index (χ1v) is 6.07. The highest BCUT2D eigenvalue weighted by atomic mass is 15.4. The number of rotatable bonds is 6. The predicted octanol–water partition coefficient (Wildman–Crippen LogP) is -0.0530. The van der Waals surface area contributed by atoms with Crippen molar-refractivity contribution < 1.29 is 0 Å². The van der Waals surface area contributed by atoms with Gasteiger partial charge in [-0.3, -0.25) is 9.25 Å². The van der Waals surface area contributed by atoms with Gasteiger partial charge in [0.25, 0.3) is 0 Å². The fourth-order valence-electron chi connectivity index (χ4n) is 1.72. The molecule has 0 fully saturated rings. The quantitative estimate of drug-likeness (QED) is 0.745. The third kappa shape index (κ3) is 2.33. The maximum Gasteiger partial charge on any atom is 0.224 e. The van der Waals surface area contributed by atoms with Gasteiger partial charge in [0.15, 0.2) is 11.5 Å². The summed E-state index contributed by atoms with van der Waals surface area (Å²) < 4.78 is 3.68. The van der Waals surface area contributed by atoms with E-state index in [9.17, 15) is 0 Å². The summed E-state index contributed by atoms with van der Waals surface area (Å²) in [6.45, 7) is 6.82. The van der Waals surface area contributed by atoms with Gasteiger partial charge in [-0.15, -0.1) is 15.3 Å². The minimum absolute atomic E-state index is 0.534. The maximum absolute atomic E-state index is 5.48. The molecule has 2 aromatic heterocycles. The SMILES string of the molecule is CCNc1nnc(-c2cn(CCN)nn2)n1CC. The Morgan fingerprint density at radius 1 is 1.28 bits per heavy atom. The number of anilines is 1. The highest BCUT2D eigenvalue weighted by Crippen LogP contribution is 2.17. The van der Waals surface area contributed by atoms with E-state index in [0.717, 1.165) is 24.9 Å². The summed E-state index contributed by atoms with van der Waals surface area (Å²) in [6.07, 6.45) is 1.83. The van der Waals surface area contributed by atoms with E-state index in [4.69, 9.17) is 5.73 Å². The second-order valence-electron chi connectivity index (χ2n) is 3.78. The smallest absolute Gasteiger partial charge is 0.224 e. The van der Waals surface area contributed by atoms with E-state index in [1.54, 1.807) is 4.68 Å². The molecule has 0 aliphatic carbocycles. The topological polar surface area (TPSA) is 99.5 Å². The highest BCUT2D eigenvalue weighted by Gasteiger charge is 2.14. The first kappa shape index (κ1) is 12.5. The van der Waals surface area contributed by atoms with Crippen LogP contribution in [0.2, 0.25) is 0 Å².